The fraction of sp³-hybridized carbons (Fsp3) is 0.300. The van der Waals surface area contributed by atoms with E-state index >= 15 is 13.7 Å². The Hall–Kier alpha value is -6.69. The Morgan fingerprint density at radius 1 is 0.372 bits per heavy atom. The molecule has 0 radical (unpaired) electrons. The van der Waals surface area contributed by atoms with Crippen LogP contribution in [-0.2, 0) is 33.3 Å². The minimum absolute atomic E-state index is 0.0937. The van der Waals surface area contributed by atoms with Crippen molar-refractivity contribution >= 4 is 53.9 Å². The zero-order chi connectivity index (χ0) is 57.2. The smallest absolute Gasteiger partial charge is 0.336 e. The number of hydrogen-bond donors (Lipinski definition) is 3. The van der Waals surface area contributed by atoms with Crippen molar-refractivity contribution in [1.82, 2.24) is 13.7 Å². The highest BCUT2D eigenvalue weighted by Crippen LogP contribution is 2.52. The minimum Gasteiger partial charge on any atom is -0.391 e. The summed E-state index contributed by atoms with van der Waals surface area (Å²) in [5, 5.41) is 36.3. The van der Waals surface area contributed by atoms with E-state index in [0.29, 0.717) is 47.1 Å². The van der Waals surface area contributed by atoms with Crippen LogP contribution in [0.1, 0.15) is 81.1 Å². The van der Waals surface area contributed by atoms with E-state index in [9.17, 15) is 44.1 Å². The van der Waals surface area contributed by atoms with Gasteiger partial charge in [-0.15, -0.1) is 0 Å². The molecule has 3 N–H and O–H groups in total. The number of aliphatic hydroxyl groups excluding tert-OH is 3. The van der Waals surface area contributed by atoms with Crippen LogP contribution in [0.3, 0.4) is 0 Å². The predicted octanol–water partition coefficient (Wildman–Crippen LogP) is 7.62. The van der Waals surface area contributed by atoms with Gasteiger partial charge in [0.15, 0.2) is 21.4 Å². The van der Waals surface area contributed by atoms with Crippen LogP contribution in [0, 0.1) is 62.3 Å². The first kappa shape index (κ1) is 59.0. The van der Waals surface area contributed by atoms with E-state index in [4.69, 9.17) is 0 Å². The molecule has 6 unspecified atom stereocenters. The van der Waals surface area contributed by atoms with Crippen LogP contribution in [0.25, 0.3) is 0 Å². The normalized spacial score (nSPS) is 15.1. The molecule has 1 aromatic heterocycles. The lowest BCUT2D eigenvalue weighted by molar-refractivity contribution is 0.106. The highest BCUT2D eigenvalue weighted by Gasteiger charge is 2.42. The molecule has 6 aromatic carbocycles. The fourth-order valence-electron chi connectivity index (χ4n) is 10.9. The van der Waals surface area contributed by atoms with Gasteiger partial charge in [-0.3, -0.25) is 14.4 Å². The molecule has 0 aliphatic rings. The molecule has 7 rings (SSSR count). The van der Waals surface area contributed by atoms with Crippen molar-refractivity contribution in [3.63, 3.8) is 0 Å². The summed E-state index contributed by atoms with van der Waals surface area (Å²) < 4.78 is 47.4. The summed E-state index contributed by atoms with van der Waals surface area (Å²) in [7, 11) is -13.0. The maximum atomic E-state index is 15.4. The topological polar surface area (TPSA) is 229 Å². The van der Waals surface area contributed by atoms with Crippen molar-refractivity contribution < 1.29 is 43.4 Å². The van der Waals surface area contributed by atoms with Crippen molar-refractivity contribution in [3.05, 3.63) is 226 Å². The van der Waals surface area contributed by atoms with Crippen molar-refractivity contribution in [2.45, 2.75) is 100 Å². The molecule has 15 nitrogen and oxygen atoms in total. The molecule has 18 heteroatoms. The largest absolute Gasteiger partial charge is 0.391 e. The predicted molar refractivity (Wildman–Crippen MR) is 308 cm³/mol. The third-order valence-electron chi connectivity index (χ3n) is 14.1. The lowest BCUT2D eigenvalue weighted by atomic mass is 10.0. The Balaban J connectivity index is 1.34. The van der Waals surface area contributed by atoms with Crippen LogP contribution < -0.4 is 33.0 Å². The molecule has 0 saturated heterocycles. The first-order valence-electron chi connectivity index (χ1n) is 25.5. The van der Waals surface area contributed by atoms with Gasteiger partial charge >= 0.3 is 17.1 Å². The maximum absolute atomic E-state index is 15.4. The minimum atomic E-state index is -4.34. The number of hydrogen-bond acceptors (Lipinski definition) is 12. The van der Waals surface area contributed by atoms with Gasteiger partial charge in [-0.1, -0.05) is 144 Å². The molecule has 0 amide bonds. The third kappa shape index (κ3) is 12.0. The molecule has 0 bridgehead atoms. The summed E-state index contributed by atoms with van der Waals surface area (Å²) in [6.45, 7) is 12.8. The maximum Gasteiger partial charge on any atom is 0.336 e. The zero-order valence-corrected chi connectivity index (χ0v) is 48.0. The lowest BCUT2D eigenvalue weighted by Crippen LogP contribution is -2.57. The van der Waals surface area contributed by atoms with Crippen LogP contribution in [0.15, 0.2) is 142 Å². The molecule has 1 heterocycles. The molecule has 0 fully saturated rings. The number of aliphatic hydroxyl groups is 3. The van der Waals surface area contributed by atoms with Gasteiger partial charge in [0.1, 0.15) is 0 Å². The van der Waals surface area contributed by atoms with Crippen molar-refractivity contribution in [2.75, 3.05) is 18.5 Å². The number of rotatable bonds is 21. The number of aromatic nitrogens is 3. The summed E-state index contributed by atoms with van der Waals surface area (Å²) in [5.74, 6) is 0. The van der Waals surface area contributed by atoms with E-state index < -0.39 is 111 Å². The van der Waals surface area contributed by atoms with E-state index in [1.165, 1.54) is 36.4 Å². The highest BCUT2D eigenvalue weighted by molar-refractivity contribution is 7.88. The van der Waals surface area contributed by atoms with Gasteiger partial charge in [-0.25, -0.2) is 28.1 Å². The van der Waals surface area contributed by atoms with Gasteiger partial charge in [-0.05, 0) is 95.7 Å². The second kappa shape index (κ2) is 23.7. The number of aryl methyl sites for hydroxylation is 9. The summed E-state index contributed by atoms with van der Waals surface area (Å²) in [6.07, 6.45) is -8.05. The molecule has 78 heavy (non-hydrogen) atoms. The standard InChI is InChI=1S/C60H66N3O12P3/c1-37-25-40(4)52(41(5)26-37)55(67)76(73,49-19-13-10-14-20-49)34-46(64)31-61-58(70)62(32-47(65)35-77(74,50-21-15-11-16-22-50)56(68)53-42(6)27-38(2)28-43(53)7)60(72)63(59(61)71)33-48(66)36-78(75,51-23-17-12-18-24-51)57(69)54-44(8)29-39(3)30-45(54)9/h10-30,46-48,64-66H,31-36H2,1-9H3. The zero-order valence-electron chi connectivity index (χ0n) is 45.3. The van der Waals surface area contributed by atoms with Crippen LogP contribution in [0.2, 0.25) is 0 Å². The number of carbonyl (C=O) groups excluding carboxylic acids is 3. The van der Waals surface area contributed by atoms with Crippen molar-refractivity contribution in [2.24, 2.45) is 0 Å². The first-order valence-corrected chi connectivity index (χ1v) is 31.2. The quantitative estimate of drug-likeness (QED) is 0.0591. The molecule has 0 aliphatic heterocycles. The fourth-order valence-corrected chi connectivity index (χ4v) is 18.9. The van der Waals surface area contributed by atoms with E-state index in [-0.39, 0.29) is 32.6 Å². The molecule has 408 valence electrons. The molecule has 0 spiro atoms. The van der Waals surface area contributed by atoms with Crippen LogP contribution in [0.5, 0.6) is 0 Å². The van der Waals surface area contributed by atoms with Crippen molar-refractivity contribution in [3.8, 4) is 0 Å². The van der Waals surface area contributed by atoms with Crippen LogP contribution in [0.4, 0.5) is 0 Å². The second-order valence-electron chi connectivity index (χ2n) is 20.7. The number of nitrogens with zero attached hydrogens (tertiary/aromatic N) is 3. The van der Waals surface area contributed by atoms with Gasteiger partial charge < -0.3 is 29.0 Å². The SMILES string of the molecule is Cc1cc(C)c(C(=O)P(=O)(CC(O)Cn2c(=O)n(CC(O)CP(=O)(C(=O)c3c(C)cc(C)cc3C)c3ccccc3)c(=O)n(CC(O)CP(=O)(C(=O)c3c(C)cc(C)cc3C)c3ccccc3)c2=O)c2ccccc2)c(C)c1. The van der Waals surface area contributed by atoms with E-state index in [1.54, 1.807) is 133 Å². The van der Waals surface area contributed by atoms with Gasteiger partial charge in [0.2, 0.25) is 16.6 Å². The first-order chi connectivity index (χ1) is 36.7. The Kier molecular flexibility index (Phi) is 17.9. The Morgan fingerprint density at radius 2 is 0.564 bits per heavy atom. The molecule has 0 aliphatic carbocycles. The Morgan fingerprint density at radius 3 is 0.756 bits per heavy atom. The summed E-state index contributed by atoms with van der Waals surface area (Å²) in [6, 6.07) is 33.9. The number of carbonyl (C=O) groups is 3. The molecule has 6 atom stereocenters. The van der Waals surface area contributed by atoms with Crippen molar-refractivity contribution in [1.29, 1.82) is 0 Å². The Bertz CT molecular complexity index is 3320. The number of benzene rings is 6. The third-order valence-corrected chi connectivity index (χ3v) is 23.0. The van der Waals surface area contributed by atoms with Gasteiger partial charge in [0.25, 0.3) is 0 Å². The summed E-state index contributed by atoms with van der Waals surface area (Å²) in [5.41, 5.74) is -0.157. The highest BCUT2D eigenvalue weighted by atomic mass is 31.2. The molecule has 0 saturated carbocycles. The van der Waals surface area contributed by atoms with Gasteiger partial charge in [-0.2, -0.15) is 0 Å². The summed E-state index contributed by atoms with van der Waals surface area (Å²) >= 11 is 0. The van der Waals surface area contributed by atoms with Gasteiger partial charge in [0.05, 0.1) is 37.9 Å². The van der Waals surface area contributed by atoms with Crippen LogP contribution in [-0.4, -0.2) is 82.4 Å². The van der Waals surface area contributed by atoms with Gasteiger partial charge in [0, 0.05) is 51.1 Å². The van der Waals surface area contributed by atoms with E-state index in [2.05, 4.69) is 0 Å². The summed E-state index contributed by atoms with van der Waals surface area (Å²) in [4.78, 5) is 88.2. The van der Waals surface area contributed by atoms with E-state index in [0.717, 1.165) is 16.7 Å². The van der Waals surface area contributed by atoms with Crippen LogP contribution >= 0.6 is 21.4 Å². The monoisotopic (exact) mass is 1110 g/mol. The molecular weight excluding hydrogens is 1050 g/mol. The Labute approximate surface area is 453 Å². The second-order valence-corrected chi connectivity index (χ2v) is 29.0. The average Bonchev–Trinajstić information content (AvgIpc) is 3.56. The lowest BCUT2D eigenvalue weighted by Gasteiger charge is -2.25. The molecule has 7 aromatic rings. The van der Waals surface area contributed by atoms with E-state index in [1.807, 2.05) is 20.8 Å². The average molecular weight is 1110 g/mol. The molecular formula is C60H66N3O12P3.